The van der Waals surface area contributed by atoms with Crippen LogP contribution in [-0.4, -0.2) is 63.3 Å². The molecule has 11 heteroatoms. The van der Waals surface area contributed by atoms with Gasteiger partial charge in [-0.1, -0.05) is 6.92 Å². The Morgan fingerprint density at radius 2 is 1.44 bits per heavy atom. The number of ketones is 1. The summed E-state index contributed by atoms with van der Waals surface area (Å²) in [6.07, 6.45) is -12.6. The molecule has 0 bridgehead atoms. The normalized spacial score (nSPS) is 16.4. The number of carbonyl (C=O) groups is 1. The molecule has 0 spiro atoms. The summed E-state index contributed by atoms with van der Waals surface area (Å²) in [5.74, 6) is -6.68. The molecular weight excluding hydrogens is 384 g/mol. The maximum atomic E-state index is 12.5. The van der Waals surface area contributed by atoms with E-state index in [4.69, 9.17) is 19.9 Å². The molecule has 0 aliphatic rings. The Kier molecular flexibility index (Phi) is 11.4. The number of rotatable bonds is 13. The van der Waals surface area contributed by atoms with Crippen molar-refractivity contribution in [2.75, 3.05) is 33.0 Å². The van der Waals surface area contributed by atoms with Gasteiger partial charge in [-0.2, -0.15) is 26.3 Å². The van der Waals surface area contributed by atoms with Crippen molar-refractivity contribution in [3.05, 3.63) is 0 Å². The van der Waals surface area contributed by atoms with Crippen molar-refractivity contribution in [3.63, 3.8) is 0 Å². The van der Waals surface area contributed by atoms with Gasteiger partial charge >= 0.3 is 12.4 Å². The second-order valence-corrected chi connectivity index (χ2v) is 6.56. The number of nitrogens with two attached hydrogens (primary N) is 1. The van der Waals surface area contributed by atoms with E-state index in [9.17, 15) is 31.1 Å². The van der Waals surface area contributed by atoms with Gasteiger partial charge in [0, 0.05) is 19.1 Å². The van der Waals surface area contributed by atoms with Crippen LogP contribution in [0.4, 0.5) is 26.3 Å². The summed E-state index contributed by atoms with van der Waals surface area (Å²) in [6.45, 7) is 5.72. The van der Waals surface area contributed by atoms with Gasteiger partial charge in [0.2, 0.25) is 5.92 Å². The van der Waals surface area contributed by atoms with E-state index in [-0.39, 0.29) is 32.0 Å². The maximum absolute atomic E-state index is 12.5. The molecule has 0 aliphatic heterocycles. The molecule has 2 N–H and O–H groups in total. The Hall–Kier alpha value is -0.910. The summed E-state index contributed by atoms with van der Waals surface area (Å²) in [7, 11) is 0. The Morgan fingerprint density at radius 1 is 0.889 bits per heavy atom. The summed E-state index contributed by atoms with van der Waals surface area (Å²) >= 11 is 0. The van der Waals surface area contributed by atoms with E-state index < -0.39 is 36.4 Å². The van der Waals surface area contributed by atoms with Crippen LogP contribution in [-0.2, 0) is 19.0 Å². The third-order valence-corrected chi connectivity index (χ3v) is 3.29. The monoisotopic (exact) mass is 411 g/mol. The molecule has 0 aromatic heterocycles. The zero-order valence-electron chi connectivity index (χ0n) is 15.5. The first kappa shape index (κ1) is 26.1. The van der Waals surface area contributed by atoms with Gasteiger partial charge in [0.05, 0.1) is 32.5 Å². The average molecular weight is 411 g/mol. The topological polar surface area (TPSA) is 70.8 Å². The highest BCUT2D eigenvalue weighted by atomic mass is 19.4. The molecule has 0 aliphatic carbocycles. The molecule has 0 rings (SSSR count). The lowest BCUT2D eigenvalue weighted by atomic mass is 9.94. The largest absolute Gasteiger partial charge is 0.407 e. The first-order valence-corrected chi connectivity index (χ1v) is 8.44. The summed E-state index contributed by atoms with van der Waals surface area (Å²) in [6, 6.07) is -0.0933. The van der Waals surface area contributed by atoms with Crippen LogP contribution in [0.25, 0.3) is 0 Å². The van der Waals surface area contributed by atoms with Gasteiger partial charge in [0.25, 0.3) is 0 Å². The van der Waals surface area contributed by atoms with Gasteiger partial charge in [-0.3, -0.25) is 4.79 Å². The molecule has 0 saturated carbocycles. The van der Waals surface area contributed by atoms with E-state index in [0.29, 0.717) is 13.2 Å². The zero-order valence-corrected chi connectivity index (χ0v) is 15.5. The lowest BCUT2D eigenvalue weighted by Crippen LogP contribution is -2.43. The van der Waals surface area contributed by atoms with Crippen molar-refractivity contribution < 1.29 is 45.3 Å². The SMILES string of the molecule is CC(N)COCCOC(C)COCC(C)CC(=O)C(C(F)(F)F)C(F)(F)F. The minimum Gasteiger partial charge on any atom is -0.378 e. The first-order chi connectivity index (χ1) is 12.2. The number of hydrogen-bond acceptors (Lipinski definition) is 5. The zero-order chi connectivity index (χ0) is 21.3. The predicted molar refractivity (Wildman–Crippen MR) is 85.1 cm³/mol. The molecule has 0 aromatic carbocycles. The van der Waals surface area contributed by atoms with Crippen molar-refractivity contribution in [1.29, 1.82) is 0 Å². The van der Waals surface area contributed by atoms with Gasteiger partial charge < -0.3 is 19.9 Å². The fourth-order valence-electron chi connectivity index (χ4n) is 2.13. The summed E-state index contributed by atoms with van der Waals surface area (Å²) in [5.41, 5.74) is 5.49. The van der Waals surface area contributed by atoms with Crippen molar-refractivity contribution in [3.8, 4) is 0 Å². The molecule has 0 radical (unpaired) electrons. The predicted octanol–water partition coefficient (Wildman–Crippen LogP) is 3.11. The number of carbonyl (C=O) groups excluding carboxylic acids is 1. The molecule has 0 heterocycles. The maximum Gasteiger partial charge on any atom is 0.407 e. The van der Waals surface area contributed by atoms with Crippen LogP contribution in [0.3, 0.4) is 0 Å². The Balaban J connectivity index is 4.14. The molecular formula is C16H27F6NO4. The van der Waals surface area contributed by atoms with Gasteiger partial charge in [-0.05, 0) is 19.8 Å². The molecule has 0 saturated heterocycles. The van der Waals surface area contributed by atoms with Crippen molar-refractivity contribution in [1.82, 2.24) is 0 Å². The van der Waals surface area contributed by atoms with Crippen LogP contribution in [0.1, 0.15) is 27.2 Å². The van der Waals surface area contributed by atoms with Crippen LogP contribution in [0, 0.1) is 11.8 Å². The van der Waals surface area contributed by atoms with Crippen LogP contribution in [0.15, 0.2) is 0 Å². The molecule has 3 atom stereocenters. The number of Topliss-reactive ketones (excluding diaryl/α,β-unsaturated/α-hetero) is 1. The molecule has 0 fully saturated rings. The fourth-order valence-corrected chi connectivity index (χ4v) is 2.13. The van der Waals surface area contributed by atoms with Crippen molar-refractivity contribution in [2.24, 2.45) is 17.6 Å². The smallest absolute Gasteiger partial charge is 0.378 e. The molecule has 3 unspecified atom stereocenters. The lowest BCUT2D eigenvalue weighted by Gasteiger charge is -2.23. The minimum atomic E-state index is -5.66. The van der Waals surface area contributed by atoms with Gasteiger partial charge in [-0.25, -0.2) is 0 Å². The molecule has 5 nitrogen and oxygen atoms in total. The minimum absolute atomic E-state index is 0.0772. The quantitative estimate of drug-likeness (QED) is 0.373. The highest BCUT2D eigenvalue weighted by Gasteiger charge is 2.60. The van der Waals surface area contributed by atoms with E-state index in [1.165, 1.54) is 6.92 Å². The third kappa shape index (κ3) is 12.2. The Labute approximate surface area is 154 Å². The second-order valence-electron chi connectivity index (χ2n) is 6.56. The van der Waals surface area contributed by atoms with Crippen LogP contribution >= 0.6 is 0 Å². The summed E-state index contributed by atoms with van der Waals surface area (Å²) < 4.78 is 90.7. The molecule has 162 valence electrons. The summed E-state index contributed by atoms with van der Waals surface area (Å²) in [4.78, 5) is 11.5. The first-order valence-electron chi connectivity index (χ1n) is 8.44. The van der Waals surface area contributed by atoms with E-state index in [1.54, 1.807) is 13.8 Å². The van der Waals surface area contributed by atoms with E-state index in [0.717, 1.165) is 0 Å². The molecule has 0 aromatic rings. The number of alkyl halides is 6. The van der Waals surface area contributed by atoms with Crippen molar-refractivity contribution in [2.45, 2.75) is 51.7 Å². The van der Waals surface area contributed by atoms with Crippen LogP contribution < -0.4 is 5.73 Å². The number of hydrogen-bond donors (Lipinski definition) is 1. The Bertz CT molecular complexity index is 414. The fraction of sp³-hybridized carbons (Fsp3) is 0.938. The van der Waals surface area contributed by atoms with E-state index in [2.05, 4.69) is 0 Å². The van der Waals surface area contributed by atoms with Crippen molar-refractivity contribution >= 4 is 5.78 Å². The summed E-state index contributed by atoms with van der Waals surface area (Å²) in [5, 5.41) is 0. The highest BCUT2D eigenvalue weighted by molar-refractivity contribution is 5.82. The van der Waals surface area contributed by atoms with Gasteiger partial charge in [0.1, 0.15) is 0 Å². The van der Waals surface area contributed by atoms with Crippen LogP contribution in [0.2, 0.25) is 0 Å². The van der Waals surface area contributed by atoms with E-state index in [1.807, 2.05) is 0 Å². The molecule has 27 heavy (non-hydrogen) atoms. The highest BCUT2D eigenvalue weighted by Crippen LogP contribution is 2.40. The average Bonchev–Trinajstić information content (AvgIpc) is 2.42. The standard InChI is InChI=1S/C16H27F6NO4/c1-10(6-13(24)14(15(17,18)19)16(20,21)22)7-26-9-12(3)27-5-4-25-8-11(2)23/h10-12,14H,4-9,23H2,1-3H3. The number of ether oxygens (including phenoxy) is 3. The Morgan fingerprint density at radius 3 is 1.93 bits per heavy atom. The van der Waals surface area contributed by atoms with Gasteiger partial charge in [0.15, 0.2) is 5.78 Å². The third-order valence-electron chi connectivity index (χ3n) is 3.29. The van der Waals surface area contributed by atoms with Gasteiger partial charge in [-0.15, -0.1) is 0 Å². The van der Waals surface area contributed by atoms with Crippen LogP contribution in [0.5, 0.6) is 0 Å². The second kappa shape index (κ2) is 11.8. The molecule has 0 amide bonds. The number of halogens is 6. The lowest BCUT2D eigenvalue weighted by molar-refractivity contribution is -0.273. The van der Waals surface area contributed by atoms with E-state index >= 15 is 0 Å².